The van der Waals surface area contributed by atoms with Crippen LogP contribution in [-0.2, 0) is 4.79 Å². The van der Waals surface area contributed by atoms with E-state index in [0.717, 1.165) is 10.6 Å². The fourth-order valence-corrected chi connectivity index (χ4v) is 3.95. The van der Waals surface area contributed by atoms with E-state index >= 15 is 0 Å². The number of para-hydroxylation sites is 1. The number of aliphatic carboxylic acids is 1. The number of nitro groups is 1. The summed E-state index contributed by atoms with van der Waals surface area (Å²) < 4.78 is 0. The molecule has 1 atom stereocenters. The number of nitro benzene ring substituents is 1. The first kappa shape index (κ1) is 16.1. The van der Waals surface area contributed by atoms with Gasteiger partial charge in [-0.05, 0) is 24.6 Å². The number of hydrogen-bond acceptors (Lipinski definition) is 5. The average Bonchev–Trinajstić information content (AvgIpc) is 2.70. The normalized spacial score (nSPS) is 16.8. The molecule has 0 spiro atoms. The number of hydrogen-bond donors (Lipinski definition) is 2. The minimum absolute atomic E-state index is 0.0199. The smallest absolute Gasteiger partial charge is 0.334 e. The van der Waals surface area contributed by atoms with E-state index in [4.69, 9.17) is 0 Å². The van der Waals surface area contributed by atoms with E-state index in [-0.39, 0.29) is 11.3 Å². The molecule has 6 nitrogen and oxygen atoms in total. The maximum Gasteiger partial charge on any atom is 0.334 e. The Bertz CT molecular complexity index is 846. The predicted molar refractivity (Wildman–Crippen MR) is 92.1 cm³/mol. The van der Waals surface area contributed by atoms with E-state index < -0.39 is 16.1 Å². The van der Waals surface area contributed by atoms with Crippen molar-refractivity contribution in [2.75, 3.05) is 5.32 Å². The molecule has 2 aromatic rings. The van der Waals surface area contributed by atoms with Crippen molar-refractivity contribution >= 4 is 29.1 Å². The molecule has 1 unspecified atom stereocenters. The molecule has 0 saturated carbocycles. The topological polar surface area (TPSA) is 92.5 Å². The standard InChI is InChI=1S/C17H14N2O4S/c1-10-15(17(20)21)16(11-6-8-12(9-7-11)19(22)23)24-14-5-3-2-4-13(14)18-10/h2-9,16,18H,1H3,(H,20,21). The lowest BCUT2D eigenvalue weighted by Crippen LogP contribution is -2.12. The summed E-state index contributed by atoms with van der Waals surface area (Å²) in [6, 6.07) is 13.6. The molecular weight excluding hydrogens is 328 g/mol. The van der Waals surface area contributed by atoms with Crippen molar-refractivity contribution in [3.8, 4) is 0 Å². The van der Waals surface area contributed by atoms with Crippen molar-refractivity contribution in [3.05, 3.63) is 75.5 Å². The van der Waals surface area contributed by atoms with Gasteiger partial charge < -0.3 is 10.4 Å². The van der Waals surface area contributed by atoms with Crippen molar-refractivity contribution in [3.63, 3.8) is 0 Å². The number of anilines is 1. The highest BCUT2D eigenvalue weighted by molar-refractivity contribution is 8.00. The van der Waals surface area contributed by atoms with Gasteiger partial charge in [0.2, 0.25) is 0 Å². The number of thioether (sulfide) groups is 1. The molecule has 0 aromatic heterocycles. The van der Waals surface area contributed by atoms with Crippen LogP contribution in [0.2, 0.25) is 0 Å². The van der Waals surface area contributed by atoms with Crippen molar-refractivity contribution in [2.24, 2.45) is 0 Å². The summed E-state index contributed by atoms with van der Waals surface area (Å²) in [4.78, 5) is 23.1. The van der Waals surface area contributed by atoms with Crippen LogP contribution in [-0.4, -0.2) is 16.0 Å². The van der Waals surface area contributed by atoms with Crippen LogP contribution in [0.25, 0.3) is 0 Å². The van der Waals surface area contributed by atoms with Crippen LogP contribution in [0.3, 0.4) is 0 Å². The number of non-ortho nitro benzene ring substituents is 1. The number of carbonyl (C=O) groups is 1. The number of nitrogens with one attached hydrogen (secondary N) is 1. The van der Waals surface area contributed by atoms with E-state index in [2.05, 4.69) is 5.32 Å². The highest BCUT2D eigenvalue weighted by Crippen LogP contribution is 2.47. The summed E-state index contributed by atoms with van der Waals surface area (Å²) in [5.41, 5.74) is 2.34. The zero-order valence-corrected chi connectivity index (χ0v) is 13.5. The Morgan fingerprint density at radius 1 is 1.21 bits per heavy atom. The molecule has 0 bridgehead atoms. The van der Waals surface area contributed by atoms with Crippen LogP contribution in [0, 0.1) is 10.1 Å². The van der Waals surface area contributed by atoms with Crippen molar-refractivity contribution < 1.29 is 14.8 Å². The molecule has 122 valence electrons. The van der Waals surface area contributed by atoms with Crippen LogP contribution in [0.4, 0.5) is 11.4 Å². The van der Waals surface area contributed by atoms with Crippen molar-refractivity contribution in [1.29, 1.82) is 0 Å². The lowest BCUT2D eigenvalue weighted by molar-refractivity contribution is -0.384. The fraction of sp³-hybridized carbons (Fsp3) is 0.118. The summed E-state index contributed by atoms with van der Waals surface area (Å²) in [5.74, 6) is -1.01. The molecule has 0 saturated heterocycles. The number of rotatable bonds is 3. The minimum Gasteiger partial charge on any atom is -0.478 e. The first-order chi connectivity index (χ1) is 11.5. The summed E-state index contributed by atoms with van der Waals surface area (Å²) in [7, 11) is 0. The van der Waals surface area contributed by atoms with Gasteiger partial charge in [-0.15, -0.1) is 11.8 Å². The van der Waals surface area contributed by atoms with Gasteiger partial charge in [0.15, 0.2) is 0 Å². The molecule has 7 heteroatoms. The molecule has 0 amide bonds. The second-order valence-corrected chi connectivity index (χ2v) is 6.46. The zero-order valence-electron chi connectivity index (χ0n) is 12.7. The quantitative estimate of drug-likeness (QED) is 0.641. The second kappa shape index (κ2) is 6.37. The largest absolute Gasteiger partial charge is 0.478 e. The van der Waals surface area contributed by atoms with E-state index in [1.165, 1.54) is 23.9 Å². The number of carboxylic acid groups (broad SMARTS) is 1. The van der Waals surface area contributed by atoms with Gasteiger partial charge in [0.25, 0.3) is 5.69 Å². The van der Waals surface area contributed by atoms with E-state index in [1.807, 2.05) is 24.3 Å². The van der Waals surface area contributed by atoms with Gasteiger partial charge in [0, 0.05) is 22.7 Å². The van der Waals surface area contributed by atoms with Crippen LogP contribution in [0.15, 0.2) is 64.7 Å². The van der Waals surface area contributed by atoms with Crippen molar-refractivity contribution in [1.82, 2.24) is 0 Å². The highest BCUT2D eigenvalue weighted by atomic mass is 32.2. The molecule has 1 aliphatic heterocycles. The van der Waals surface area contributed by atoms with Crippen LogP contribution >= 0.6 is 11.8 Å². The third kappa shape index (κ3) is 2.98. The predicted octanol–water partition coefficient (Wildman–Crippen LogP) is 4.21. The van der Waals surface area contributed by atoms with Gasteiger partial charge in [-0.2, -0.15) is 0 Å². The number of allylic oxidation sites excluding steroid dienone is 1. The Hall–Kier alpha value is -2.80. The third-order valence-electron chi connectivity index (χ3n) is 3.76. The van der Waals surface area contributed by atoms with Crippen LogP contribution < -0.4 is 5.32 Å². The van der Waals surface area contributed by atoms with Crippen molar-refractivity contribution in [2.45, 2.75) is 17.1 Å². The monoisotopic (exact) mass is 342 g/mol. The molecule has 3 rings (SSSR count). The SMILES string of the molecule is CC1=C(C(=O)O)C(c2ccc([N+](=O)[O-])cc2)Sc2ccccc2N1. The maximum absolute atomic E-state index is 11.8. The molecule has 1 heterocycles. The minimum atomic E-state index is -1.01. The maximum atomic E-state index is 11.8. The zero-order chi connectivity index (χ0) is 17.3. The Labute approximate surface area is 142 Å². The first-order valence-corrected chi connectivity index (χ1v) is 8.06. The Kier molecular flexibility index (Phi) is 4.26. The third-order valence-corrected chi connectivity index (χ3v) is 5.11. The number of fused-ring (bicyclic) bond motifs is 1. The summed E-state index contributed by atoms with van der Waals surface area (Å²) in [6.45, 7) is 1.73. The van der Waals surface area contributed by atoms with E-state index in [1.54, 1.807) is 19.1 Å². The summed E-state index contributed by atoms with van der Waals surface area (Å²) in [6.07, 6.45) is 0. The molecule has 0 aliphatic carbocycles. The second-order valence-electron chi connectivity index (χ2n) is 5.31. The fourth-order valence-electron chi connectivity index (χ4n) is 2.60. The lowest BCUT2D eigenvalue weighted by Gasteiger charge is -2.17. The summed E-state index contributed by atoms with van der Waals surface area (Å²) >= 11 is 1.41. The molecule has 2 aromatic carbocycles. The van der Waals surface area contributed by atoms with Crippen LogP contribution in [0.5, 0.6) is 0 Å². The van der Waals surface area contributed by atoms with Gasteiger partial charge in [0.05, 0.1) is 21.4 Å². The van der Waals surface area contributed by atoms with E-state index in [9.17, 15) is 20.0 Å². The molecule has 1 aliphatic rings. The van der Waals surface area contributed by atoms with Gasteiger partial charge in [-0.1, -0.05) is 24.3 Å². The average molecular weight is 342 g/mol. The van der Waals surface area contributed by atoms with E-state index in [0.29, 0.717) is 11.3 Å². The molecule has 24 heavy (non-hydrogen) atoms. The molecule has 0 radical (unpaired) electrons. The Morgan fingerprint density at radius 2 is 1.88 bits per heavy atom. The lowest BCUT2D eigenvalue weighted by atomic mass is 10.0. The molecule has 2 N–H and O–H groups in total. The Balaban J connectivity index is 2.10. The Morgan fingerprint density at radius 3 is 2.50 bits per heavy atom. The van der Waals surface area contributed by atoms with Gasteiger partial charge in [-0.3, -0.25) is 10.1 Å². The van der Waals surface area contributed by atoms with Gasteiger partial charge in [0.1, 0.15) is 0 Å². The molecular formula is C17H14N2O4S. The van der Waals surface area contributed by atoms with Crippen LogP contribution in [0.1, 0.15) is 17.7 Å². The number of carboxylic acids is 1. The number of benzene rings is 2. The first-order valence-electron chi connectivity index (χ1n) is 7.18. The van der Waals surface area contributed by atoms with Gasteiger partial charge >= 0.3 is 5.97 Å². The number of nitrogens with zero attached hydrogens (tertiary/aromatic N) is 1. The highest BCUT2D eigenvalue weighted by Gasteiger charge is 2.29. The van der Waals surface area contributed by atoms with Gasteiger partial charge in [-0.25, -0.2) is 4.79 Å². The summed E-state index contributed by atoms with van der Waals surface area (Å²) in [5, 5.41) is 23.2. The molecule has 0 fully saturated rings.